The summed E-state index contributed by atoms with van der Waals surface area (Å²) in [6.45, 7) is 0. The van der Waals surface area contributed by atoms with Gasteiger partial charge in [0.15, 0.2) is 0 Å². The van der Waals surface area contributed by atoms with E-state index in [1.54, 1.807) is 0 Å². The molecule has 0 fully saturated rings. The fourth-order valence-corrected chi connectivity index (χ4v) is 1.81. The number of rotatable bonds is 7. The normalized spacial score (nSPS) is 16.3. The van der Waals surface area contributed by atoms with Crippen LogP contribution in [0.1, 0.15) is 0 Å². The topological polar surface area (TPSA) is 60.2 Å². The van der Waals surface area contributed by atoms with Crippen molar-refractivity contribution in [1.82, 2.24) is 0 Å². The monoisotopic (exact) mass is 522 g/mol. The maximum atomic E-state index is 13.1. The number of halogens is 17. The largest absolute Gasteiger partial charge is 0.460 e. The second-order valence-corrected chi connectivity index (χ2v) is 6.61. The summed E-state index contributed by atoms with van der Waals surface area (Å²) < 4.78 is 236. The fourth-order valence-electron chi connectivity index (χ4n) is 1.33. The third-order valence-electron chi connectivity index (χ3n) is 3.05. The zero-order valence-electron chi connectivity index (χ0n) is 13.2. The van der Waals surface area contributed by atoms with Crippen molar-refractivity contribution in [1.29, 1.82) is 0 Å². The molecule has 0 saturated carbocycles. The van der Waals surface area contributed by atoms with Gasteiger partial charge in [-0.25, -0.2) is 13.6 Å². The number of sulfonamides is 1. The molecule has 22 heteroatoms. The van der Waals surface area contributed by atoms with E-state index in [2.05, 4.69) is 5.14 Å². The van der Waals surface area contributed by atoms with Gasteiger partial charge in [0.1, 0.15) is 0 Å². The van der Waals surface area contributed by atoms with Gasteiger partial charge >= 0.3 is 47.0 Å². The van der Waals surface area contributed by atoms with Gasteiger partial charge in [-0.1, -0.05) is 0 Å². The van der Waals surface area contributed by atoms with Gasteiger partial charge in [-0.2, -0.15) is 74.6 Å². The van der Waals surface area contributed by atoms with Crippen LogP contribution in [0.2, 0.25) is 0 Å². The Kier molecular flexibility index (Phi) is 8.13. The zero-order valence-corrected chi connectivity index (χ0v) is 16.0. The van der Waals surface area contributed by atoms with Crippen LogP contribution in [0, 0.1) is 0 Å². The van der Waals surface area contributed by atoms with Crippen molar-refractivity contribution >= 4 is 39.6 Å². The molecule has 0 rings (SSSR count). The molecule has 0 aromatic rings. The molecule has 0 aliphatic rings. The fraction of sp³-hybridized carbons (Fsp3) is 1.00. The minimum Gasteiger partial charge on any atom is -0.223 e. The van der Waals surface area contributed by atoms with Crippen molar-refractivity contribution < 1.29 is 83.1 Å². The zero-order chi connectivity index (χ0) is 24.5. The number of hydrogen-bond acceptors (Lipinski definition) is 2. The van der Waals surface area contributed by atoms with Crippen LogP contribution in [0.4, 0.5) is 74.6 Å². The van der Waals surface area contributed by atoms with Crippen molar-refractivity contribution in [3.05, 3.63) is 0 Å². The third-order valence-corrected chi connectivity index (χ3v) is 4.02. The van der Waals surface area contributed by atoms with Crippen LogP contribution in [0.15, 0.2) is 0 Å². The third kappa shape index (κ3) is 3.85. The van der Waals surface area contributed by atoms with Gasteiger partial charge in [-0.05, 0) is 0 Å². The van der Waals surface area contributed by atoms with E-state index in [9.17, 15) is 83.1 Å². The first-order valence-corrected chi connectivity index (χ1v) is 7.28. The summed E-state index contributed by atoms with van der Waals surface area (Å²) in [5.41, 5.74) is 0. The summed E-state index contributed by atoms with van der Waals surface area (Å²) in [7, 11) is -7.39. The minimum atomic E-state index is -8.84. The summed E-state index contributed by atoms with van der Waals surface area (Å²) in [6.07, 6.45) is -7.86. The van der Waals surface area contributed by atoms with E-state index in [0.29, 0.717) is 0 Å². The minimum absolute atomic E-state index is 0. The average molecular weight is 522 g/mol. The molecule has 0 aromatic carbocycles. The predicted molar refractivity (Wildman–Crippen MR) is 59.5 cm³/mol. The molecule has 177 valence electrons. The van der Waals surface area contributed by atoms with Crippen LogP contribution >= 0.6 is 0 Å². The first-order chi connectivity index (χ1) is 12.0. The van der Waals surface area contributed by atoms with Crippen molar-refractivity contribution in [2.75, 3.05) is 0 Å². The Bertz CT molecular complexity index is 741. The predicted octanol–water partition coefficient (Wildman–Crippen LogP) is 3.86. The standard InChI is InChI=1S/C8H2F17NO2S.Na/c9-1(10,3(13,14)5(17,18)7(21,22)23)2(11,12)4(15,16)6(19,20)8(24,25)29(26,27)28;/h(H2,26,27,28);. The SMILES string of the molecule is NS(=O)(=O)C(F)(F)C(F)(F)C(F)(F)C(F)(F)C(F)(F)C(F)(F)C(F)(F)C(F)(F)F.[Na]. The van der Waals surface area contributed by atoms with Crippen molar-refractivity contribution in [3.63, 3.8) is 0 Å². The van der Waals surface area contributed by atoms with E-state index < -0.39 is 57.0 Å². The maximum absolute atomic E-state index is 13.1. The summed E-state index contributed by atoms with van der Waals surface area (Å²) in [5, 5.41) is -4.30. The molecule has 0 bridgehead atoms. The van der Waals surface area contributed by atoms with Gasteiger partial charge in [0.25, 0.3) is 10.0 Å². The Balaban J connectivity index is 0. The number of primary sulfonamides is 1. The van der Waals surface area contributed by atoms with E-state index in [4.69, 9.17) is 0 Å². The summed E-state index contributed by atoms with van der Waals surface area (Å²) in [4.78, 5) is 0. The van der Waals surface area contributed by atoms with Gasteiger partial charge < -0.3 is 0 Å². The first kappa shape index (κ1) is 31.9. The second-order valence-electron chi connectivity index (χ2n) is 5.01. The molecular weight excluding hydrogens is 520 g/mol. The Morgan fingerprint density at radius 3 is 0.833 bits per heavy atom. The van der Waals surface area contributed by atoms with Crippen LogP contribution in [0.3, 0.4) is 0 Å². The molecule has 3 nitrogen and oxygen atoms in total. The maximum Gasteiger partial charge on any atom is 0.460 e. The van der Waals surface area contributed by atoms with Crippen molar-refractivity contribution in [3.8, 4) is 0 Å². The Morgan fingerprint density at radius 1 is 0.433 bits per heavy atom. The Morgan fingerprint density at radius 2 is 0.633 bits per heavy atom. The smallest absolute Gasteiger partial charge is 0.223 e. The summed E-state index contributed by atoms with van der Waals surface area (Å²) in [5.74, 6) is -51.6. The molecule has 0 aliphatic carbocycles. The molecule has 0 aromatic heterocycles. The number of nitrogens with two attached hydrogens (primary N) is 1. The number of alkyl halides is 17. The van der Waals surface area contributed by atoms with Crippen LogP contribution in [-0.4, -0.2) is 84.9 Å². The average Bonchev–Trinajstić information content (AvgIpc) is 2.43. The Hall–Kier alpha value is -0.280. The molecule has 0 unspecified atom stereocenters. The molecular formula is C8H2F17NNaO2S. The van der Waals surface area contributed by atoms with E-state index in [0.717, 1.165) is 0 Å². The molecule has 0 heterocycles. The van der Waals surface area contributed by atoms with Crippen molar-refractivity contribution in [2.45, 2.75) is 47.0 Å². The molecule has 0 atom stereocenters. The molecule has 1 radical (unpaired) electrons. The molecule has 0 aliphatic heterocycles. The van der Waals surface area contributed by atoms with Crippen LogP contribution < -0.4 is 5.14 Å². The van der Waals surface area contributed by atoms with Gasteiger partial charge in [-0.3, -0.25) is 0 Å². The van der Waals surface area contributed by atoms with E-state index in [-0.39, 0.29) is 29.6 Å². The second kappa shape index (κ2) is 7.65. The molecule has 2 N–H and O–H groups in total. The molecule has 0 saturated heterocycles. The summed E-state index contributed by atoms with van der Waals surface area (Å²) >= 11 is 0. The number of hydrogen-bond donors (Lipinski definition) is 1. The van der Waals surface area contributed by atoms with Gasteiger partial charge in [0.05, 0.1) is 0 Å². The first-order valence-electron chi connectivity index (χ1n) is 5.74. The van der Waals surface area contributed by atoms with E-state index >= 15 is 0 Å². The van der Waals surface area contributed by atoms with Crippen LogP contribution in [-0.2, 0) is 10.0 Å². The van der Waals surface area contributed by atoms with Gasteiger partial charge in [0, 0.05) is 29.6 Å². The van der Waals surface area contributed by atoms with E-state index in [1.807, 2.05) is 0 Å². The van der Waals surface area contributed by atoms with Gasteiger partial charge in [-0.15, -0.1) is 0 Å². The Labute approximate surface area is 175 Å². The van der Waals surface area contributed by atoms with Gasteiger partial charge in [0.2, 0.25) is 0 Å². The van der Waals surface area contributed by atoms with Crippen LogP contribution in [0.25, 0.3) is 0 Å². The summed E-state index contributed by atoms with van der Waals surface area (Å²) in [6, 6.07) is 0. The van der Waals surface area contributed by atoms with Crippen molar-refractivity contribution in [2.24, 2.45) is 5.14 Å². The molecule has 30 heavy (non-hydrogen) atoms. The molecule has 0 amide bonds. The quantitative estimate of drug-likeness (QED) is 0.408. The van der Waals surface area contributed by atoms with E-state index in [1.165, 1.54) is 0 Å². The van der Waals surface area contributed by atoms with Crippen LogP contribution in [0.5, 0.6) is 0 Å². The molecule has 0 spiro atoms.